The van der Waals surface area contributed by atoms with Crippen LogP contribution in [0.15, 0.2) is 36.4 Å². The molecule has 0 fully saturated rings. The van der Waals surface area contributed by atoms with Crippen molar-refractivity contribution in [1.82, 2.24) is 4.98 Å². The first-order chi connectivity index (χ1) is 10.0. The van der Waals surface area contributed by atoms with E-state index in [1.54, 1.807) is 31.1 Å². The summed E-state index contributed by atoms with van der Waals surface area (Å²) in [5.74, 6) is 0.421. The number of anilines is 2. The molecule has 7 heteroatoms. The van der Waals surface area contributed by atoms with Gasteiger partial charge in [-0.25, -0.2) is 9.37 Å². The van der Waals surface area contributed by atoms with Gasteiger partial charge in [-0.2, -0.15) is 0 Å². The quantitative estimate of drug-likeness (QED) is 0.677. The standard InChI is InChI=1S/C14H15FN4O2/c1-16-13-7-6-12(19(20)21)14(17-13)18(2)9-10-4-3-5-11(15)8-10/h3-8H,9H2,1-2H3,(H,16,17). The fraction of sp³-hybridized carbons (Fsp3) is 0.214. The summed E-state index contributed by atoms with van der Waals surface area (Å²) in [6.07, 6.45) is 0. The molecule has 1 N–H and O–H groups in total. The Morgan fingerprint density at radius 3 is 2.76 bits per heavy atom. The third kappa shape index (κ3) is 3.44. The van der Waals surface area contributed by atoms with Crippen molar-refractivity contribution in [3.05, 3.63) is 57.9 Å². The second kappa shape index (κ2) is 6.17. The monoisotopic (exact) mass is 290 g/mol. The number of aromatic nitrogens is 1. The van der Waals surface area contributed by atoms with Crippen LogP contribution in [0.3, 0.4) is 0 Å². The summed E-state index contributed by atoms with van der Waals surface area (Å²) < 4.78 is 13.2. The lowest BCUT2D eigenvalue weighted by atomic mass is 10.2. The fourth-order valence-electron chi connectivity index (χ4n) is 1.99. The van der Waals surface area contributed by atoms with Crippen molar-refractivity contribution in [3.63, 3.8) is 0 Å². The molecule has 2 rings (SSSR count). The Morgan fingerprint density at radius 1 is 1.38 bits per heavy atom. The van der Waals surface area contributed by atoms with Gasteiger partial charge in [0.25, 0.3) is 0 Å². The predicted molar refractivity (Wildman–Crippen MR) is 78.9 cm³/mol. The highest BCUT2D eigenvalue weighted by Crippen LogP contribution is 2.27. The lowest BCUT2D eigenvalue weighted by Gasteiger charge is -2.18. The Labute approximate surface area is 121 Å². The van der Waals surface area contributed by atoms with Gasteiger partial charge in [0.1, 0.15) is 11.6 Å². The van der Waals surface area contributed by atoms with Gasteiger partial charge in [-0.3, -0.25) is 10.1 Å². The minimum Gasteiger partial charge on any atom is -0.373 e. The fourth-order valence-corrected chi connectivity index (χ4v) is 1.99. The second-order valence-electron chi connectivity index (χ2n) is 4.53. The molecule has 0 aliphatic rings. The Morgan fingerprint density at radius 2 is 2.14 bits per heavy atom. The summed E-state index contributed by atoms with van der Waals surface area (Å²) in [7, 11) is 3.37. The molecule has 0 spiro atoms. The first-order valence-corrected chi connectivity index (χ1v) is 6.30. The van der Waals surface area contributed by atoms with Crippen LogP contribution in [0.5, 0.6) is 0 Å². The number of nitrogens with one attached hydrogen (secondary N) is 1. The van der Waals surface area contributed by atoms with E-state index >= 15 is 0 Å². The number of hydrogen-bond donors (Lipinski definition) is 1. The van der Waals surface area contributed by atoms with Crippen LogP contribution in [0.1, 0.15) is 5.56 Å². The third-order valence-corrected chi connectivity index (χ3v) is 2.98. The van der Waals surface area contributed by atoms with Crippen LogP contribution in [0.25, 0.3) is 0 Å². The Bertz CT molecular complexity index is 663. The number of nitrogens with zero attached hydrogens (tertiary/aromatic N) is 3. The molecule has 0 amide bonds. The highest BCUT2D eigenvalue weighted by Gasteiger charge is 2.19. The minimum absolute atomic E-state index is 0.0899. The van der Waals surface area contributed by atoms with Crippen LogP contribution in [0.2, 0.25) is 0 Å². The molecule has 0 unspecified atom stereocenters. The van der Waals surface area contributed by atoms with E-state index in [0.717, 1.165) is 0 Å². The topological polar surface area (TPSA) is 71.3 Å². The molecule has 0 aliphatic heterocycles. The van der Waals surface area contributed by atoms with Crippen molar-refractivity contribution < 1.29 is 9.31 Å². The van der Waals surface area contributed by atoms with E-state index in [4.69, 9.17) is 0 Å². The summed E-state index contributed by atoms with van der Waals surface area (Å²) in [6.45, 7) is 0.318. The predicted octanol–water partition coefficient (Wildman–Crippen LogP) is 2.81. The Hall–Kier alpha value is -2.70. The molecule has 1 aromatic heterocycles. The number of hydrogen-bond acceptors (Lipinski definition) is 5. The zero-order chi connectivity index (χ0) is 15.4. The summed E-state index contributed by atoms with van der Waals surface area (Å²) >= 11 is 0. The number of benzene rings is 1. The maximum atomic E-state index is 13.2. The largest absolute Gasteiger partial charge is 0.373 e. The average molecular weight is 290 g/mol. The molecule has 2 aromatic rings. The zero-order valence-corrected chi connectivity index (χ0v) is 11.7. The maximum absolute atomic E-state index is 13.2. The zero-order valence-electron chi connectivity index (χ0n) is 11.7. The SMILES string of the molecule is CNc1ccc([N+](=O)[O-])c(N(C)Cc2cccc(F)c2)n1. The lowest BCUT2D eigenvalue weighted by Crippen LogP contribution is -2.19. The summed E-state index contributed by atoms with van der Waals surface area (Å²) in [6, 6.07) is 9.04. The highest BCUT2D eigenvalue weighted by molar-refractivity contribution is 5.61. The van der Waals surface area contributed by atoms with Crippen molar-refractivity contribution in [2.75, 3.05) is 24.3 Å². The molecule has 1 aromatic carbocycles. The van der Waals surface area contributed by atoms with E-state index in [1.807, 2.05) is 0 Å². The molecule has 0 aliphatic carbocycles. The number of halogens is 1. The van der Waals surface area contributed by atoms with E-state index in [2.05, 4.69) is 10.3 Å². The average Bonchev–Trinajstić information content (AvgIpc) is 2.46. The third-order valence-electron chi connectivity index (χ3n) is 2.98. The normalized spacial score (nSPS) is 10.2. The molecular formula is C14H15FN4O2. The van der Waals surface area contributed by atoms with Crippen LogP contribution in [0.4, 0.5) is 21.7 Å². The van der Waals surface area contributed by atoms with E-state index in [-0.39, 0.29) is 17.3 Å². The van der Waals surface area contributed by atoms with E-state index < -0.39 is 4.92 Å². The molecule has 21 heavy (non-hydrogen) atoms. The number of nitro groups is 1. The smallest absolute Gasteiger partial charge is 0.311 e. The van der Waals surface area contributed by atoms with E-state index in [0.29, 0.717) is 17.9 Å². The van der Waals surface area contributed by atoms with Crippen molar-refractivity contribution in [3.8, 4) is 0 Å². The summed E-state index contributed by atoms with van der Waals surface area (Å²) in [5.41, 5.74) is 0.622. The first-order valence-electron chi connectivity index (χ1n) is 6.30. The minimum atomic E-state index is -0.482. The van der Waals surface area contributed by atoms with Gasteiger partial charge in [-0.05, 0) is 23.8 Å². The maximum Gasteiger partial charge on any atom is 0.311 e. The molecule has 0 saturated carbocycles. The van der Waals surface area contributed by atoms with Crippen LogP contribution in [-0.2, 0) is 6.54 Å². The second-order valence-corrected chi connectivity index (χ2v) is 4.53. The van der Waals surface area contributed by atoms with Crippen molar-refractivity contribution in [1.29, 1.82) is 0 Å². The van der Waals surface area contributed by atoms with E-state index in [1.165, 1.54) is 24.3 Å². The molecule has 0 bridgehead atoms. The van der Waals surface area contributed by atoms with Gasteiger partial charge < -0.3 is 10.2 Å². The van der Waals surface area contributed by atoms with Crippen LogP contribution >= 0.6 is 0 Å². The lowest BCUT2D eigenvalue weighted by molar-refractivity contribution is -0.384. The molecule has 0 saturated heterocycles. The van der Waals surface area contributed by atoms with Gasteiger partial charge >= 0.3 is 5.69 Å². The van der Waals surface area contributed by atoms with Crippen molar-refractivity contribution in [2.24, 2.45) is 0 Å². The first kappa shape index (κ1) is 14.7. The van der Waals surface area contributed by atoms with Gasteiger partial charge in [0.05, 0.1) is 4.92 Å². The molecule has 110 valence electrons. The molecule has 1 heterocycles. The van der Waals surface area contributed by atoms with Gasteiger partial charge in [0, 0.05) is 26.7 Å². The molecule has 6 nitrogen and oxygen atoms in total. The van der Waals surface area contributed by atoms with Crippen molar-refractivity contribution >= 4 is 17.3 Å². The van der Waals surface area contributed by atoms with Crippen LogP contribution in [-0.4, -0.2) is 24.0 Å². The molecular weight excluding hydrogens is 275 g/mol. The molecule has 0 radical (unpaired) electrons. The van der Waals surface area contributed by atoms with Crippen LogP contribution < -0.4 is 10.2 Å². The molecule has 0 atom stereocenters. The van der Waals surface area contributed by atoms with Gasteiger partial charge in [-0.15, -0.1) is 0 Å². The number of pyridine rings is 1. The van der Waals surface area contributed by atoms with Crippen LogP contribution in [0, 0.1) is 15.9 Å². The van der Waals surface area contributed by atoms with Crippen molar-refractivity contribution in [2.45, 2.75) is 6.54 Å². The number of rotatable bonds is 5. The Balaban J connectivity index is 2.33. The Kier molecular flexibility index (Phi) is 4.32. The van der Waals surface area contributed by atoms with E-state index in [9.17, 15) is 14.5 Å². The van der Waals surface area contributed by atoms with Gasteiger partial charge in [0.2, 0.25) is 5.82 Å². The summed E-state index contributed by atoms with van der Waals surface area (Å²) in [4.78, 5) is 16.4. The van der Waals surface area contributed by atoms with Gasteiger partial charge in [0.15, 0.2) is 0 Å². The summed E-state index contributed by atoms with van der Waals surface area (Å²) in [5, 5.41) is 13.9. The highest BCUT2D eigenvalue weighted by atomic mass is 19.1. The van der Waals surface area contributed by atoms with Gasteiger partial charge in [-0.1, -0.05) is 12.1 Å².